The van der Waals surface area contributed by atoms with Gasteiger partial charge in [-0.05, 0) is 25.6 Å². The predicted octanol–water partition coefficient (Wildman–Crippen LogP) is 1.64. The van der Waals surface area contributed by atoms with Gasteiger partial charge >= 0.3 is 0 Å². The summed E-state index contributed by atoms with van der Waals surface area (Å²) in [7, 11) is 3.99. The van der Waals surface area contributed by atoms with Crippen LogP contribution < -0.4 is 5.32 Å². The van der Waals surface area contributed by atoms with Gasteiger partial charge in [0.05, 0.1) is 5.52 Å². The third kappa shape index (κ3) is 1.88. The van der Waals surface area contributed by atoms with E-state index in [0.717, 1.165) is 18.5 Å². The molecular weight excluding hydrogens is 186 g/mol. The predicted molar refractivity (Wildman–Crippen MR) is 63.1 cm³/mol. The van der Waals surface area contributed by atoms with Crippen LogP contribution in [0, 0.1) is 6.92 Å². The molecule has 2 rings (SSSR count). The van der Waals surface area contributed by atoms with Gasteiger partial charge in [0, 0.05) is 31.1 Å². The minimum Gasteiger partial charge on any atom is -0.319 e. The minimum atomic E-state index is 0.989. The Bertz CT molecular complexity index is 471. The average Bonchev–Trinajstić information content (AvgIpc) is 2.50. The Morgan fingerprint density at radius 3 is 2.93 bits per heavy atom. The highest BCUT2D eigenvalue weighted by Crippen LogP contribution is 2.19. The number of fused-ring (bicyclic) bond motifs is 1. The molecule has 0 saturated heterocycles. The molecule has 0 aliphatic carbocycles. The van der Waals surface area contributed by atoms with E-state index in [-0.39, 0.29) is 0 Å². The molecule has 0 aliphatic rings. The van der Waals surface area contributed by atoms with Gasteiger partial charge < -0.3 is 5.32 Å². The van der Waals surface area contributed by atoms with Gasteiger partial charge in [-0.3, -0.25) is 4.68 Å². The molecule has 80 valence electrons. The van der Waals surface area contributed by atoms with Crippen molar-refractivity contribution in [1.82, 2.24) is 15.1 Å². The Hall–Kier alpha value is -1.35. The Morgan fingerprint density at radius 2 is 2.20 bits per heavy atom. The quantitative estimate of drug-likeness (QED) is 0.822. The van der Waals surface area contributed by atoms with Crippen LogP contribution in [0.3, 0.4) is 0 Å². The first kappa shape index (κ1) is 10.2. The maximum Gasteiger partial charge on any atom is 0.0928 e. The molecule has 0 unspecified atom stereocenters. The second-order valence-corrected chi connectivity index (χ2v) is 3.94. The summed E-state index contributed by atoms with van der Waals surface area (Å²) in [5.41, 5.74) is 3.67. The fourth-order valence-electron chi connectivity index (χ4n) is 1.90. The first-order chi connectivity index (χ1) is 7.22. The van der Waals surface area contributed by atoms with Crippen molar-refractivity contribution < 1.29 is 0 Å². The third-order valence-electron chi connectivity index (χ3n) is 2.72. The zero-order valence-corrected chi connectivity index (χ0v) is 9.54. The van der Waals surface area contributed by atoms with Crippen molar-refractivity contribution in [1.29, 1.82) is 0 Å². The van der Waals surface area contributed by atoms with Crippen LogP contribution in [0.1, 0.15) is 11.3 Å². The molecule has 0 saturated carbocycles. The van der Waals surface area contributed by atoms with E-state index in [1.807, 2.05) is 18.8 Å². The van der Waals surface area contributed by atoms with Crippen molar-refractivity contribution in [3.05, 3.63) is 29.5 Å². The summed E-state index contributed by atoms with van der Waals surface area (Å²) in [6.07, 6.45) is 1.02. The summed E-state index contributed by atoms with van der Waals surface area (Å²) in [6, 6.07) is 6.45. The van der Waals surface area contributed by atoms with Gasteiger partial charge in [-0.15, -0.1) is 0 Å². The number of nitrogens with one attached hydrogen (secondary N) is 1. The maximum absolute atomic E-state index is 4.52. The van der Waals surface area contributed by atoms with Crippen LogP contribution in [0.15, 0.2) is 18.2 Å². The van der Waals surface area contributed by atoms with Crippen LogP contribution >= 0.6 is 0 Å². The molecule has 0 aliphatic heterocycles. The highest BCUT2D eigenvalue weighted by atomic mass is 15.3. The van der Waals surface area contributed by atoms with Gasteiger partial charge in [0.15, 0.2) is 0 Å². The second-order valence-electron chi connectivity index (χ2n) is 3.94. The fraction of sp³-hybridized carbons (Fsp3) is 0.417. The third-order valence-corrected chi connectivity index (χ3v) is 2.72. The molecule has 1 aromatic heterocycles. The first-order valence-electron chi connectivity index (χ1n) is 5.29. The number of likely N-dealkylation sites (N-methyl/N-ethyl adjacent to an activating group) is 1. The number of hydrogen-bond acceptors (Lipinski definition) is 2. The number of hydrogen-bond donors (Lipinski definition) is 1. The molecule has 1 heterocycles. The number of aromatic nitrogens is 2. The number of nitrogens with zero attached hydrogens (tertiary/aromatic N) is 2. The Labute approximate surface area is 90.1 Å². The minimum absolute atomic E-state index is 0.989. The van der Waals surface area contributed by atoms with Crippen LogP contribution in [0.4, 0.5) is 0 Å². The molecule has 0 atom stereocenters. The van der Waals surface area contributed by atoms with Crippen molar-refractivity contribution in [2.45, 2.75) is 13.3 Å². The summed E-state index contributed by atoms with van der Waals surface area (Å²) in [4.78, 5) is 0. The van der Waals surface area contributed by atoms with E-state index < -0.39 is 0 Å². The molecule has 0 fully saturated rings. The lowest BCUT2D eigenvalue weighted by Crippen LogP contribution is -2.12. The SMILES string of the molecule is CNCCc1c2ccc(C)cc2nn1C. The molecule has 0 amide bonds. The number of rotatable bonds is 3. The lowest BCUT2D eigenvalue weighted by molar-refractivity contribution is 0.688. The summed E-state index contributed by atoms with van der Waals surface area (Å²) in [5, 5.41) is 8.96. The Balaban J connectivity index is 2.48. The van der Waals surface area contributed by atoms with Crippen LogP contribution in [0.5, 0.6) is 0 Å². The van der Waals surface area contributed by atoms with Crippen molar-refractivity contribution >= 4 is 10.9 Å². The van der Waals surface area contributed by atoms with Gasteiger partial charge in [-0.2, -0.15) is 5.10 Å². The van der Waals surface area contributed by atoms with Crippen molar-refractivity contribution in [3.8, 4) is 0 Å². The maximum atomic E-state index is 4.52. The largest absolute Gasteiger partial charge is 0.319 e. The molecule has 0 bridgehead atoms. The van der Waals surface area contributed by atoms with Crippen LogP contribution in [0.2, 0.25) is 0 Å². The fourth-order valence-corrected chi connectivity index (χ4v) is 1.90. The van der Waals surface area contributed by atoms with E-state index in [4.69, 9.17) is 0 Å². The monoisotopic (exact) mass is 203 g/mol. The summed E-state index contributed by atoms with van der Waals surface area (Å²) >= 11 is 0. The lowest BCUT2D eigenvalue weighted by atomic mass is 10.1. The zero-order valence-electron chi connectivity index (χ0n) is 9.54. The summed E-state index contributed by atoms with van der Waals surface area (Å²) in [6.45, 7) is 3.09. The molecule has 1 aromatic carbocycles. The zero-order chi connectivity index (χ0) is 10.8. The summed E-state index contributed by atoms with van der Waals surface area (Å²) < 4.78 is 1.99. The van der Waals surface area contributed by atoms with E-state index in [1.54, 1.807) is 0 Å². The smallest absolute Gasteiger partial charge is 0.0928 e. The molecule has 3 heteroatoms. The van der Waals surface area contributed by atoms with Crippen LogP contribution in [-0.2, 0) is 13.5 Å². The first-order valence-corrected chi connectivity index (χ1v) is 5.29. The normalized spacial score (nSPS) is 11.1. The van der Waals surface area contributed by atoms with Crippen molar-refractivity contribution in [2.75, 3.05) is 13.6 Å². The van der Waals surface area contributed by atoms with Crippen LogP contribution in [0.25, 0.3) is 10.9 Å². The van der Waals surface area contributed by atoms with Gasteiger partial charge in [0.2, 0.25) is 0 Å². The molecule has 0 radical (unpaired) electrons. The highest BCUT2D eigenvalue weighted by Gasteiger charge is 2.07. The highest BCUT2D eigenvalue weighted by molar-refractivity contribution is 5.82. The molecule has 3 nitrogen and oxygen atoms in total. The van der Waals surface area contributed by atoms with E-state index in [0.29, 0.717) is 0 Å². The molecule has 2 aromatic rings. The van der Waals surface area contributed by atoms with E-state index in [2.05, 4.69) is 35.5 Å². The van der Waals surface area contributed by atoms with E-state index >= 15 is 0 Å². The standard InChI is InChI=1S/C12H17N3/c1-9-4-5-10-11(8-9)14-15(3)12(10)6-7-13-2/h4-5,8,13H,6-7H2,1-3H3. The lowest BCUT2D eigenvalue weighted by Gasteiger charge is -2.01. The van der Waals surface area contributed by atoms with E-state index in [1.165, 1.54) is 16.6 Å². The molecule has 15 heavy (non-hydrogen) atoms. The second kappa shape index (κ2) is 4.03. The Kier molecular flexibility index (Phi) is 2.73. The van der Waals surface area contributed by atoms with Crippen molar-refractivity contribution in [3.63, 3.8) is 0 Å². The van der Waals surface area contributed by atoms with Crippen LogP contribution in [-0.4, -0.2) is 23.4 Å². The van der Waals surface area contributed by atoms with E-state index in [9.17, 15) is 0 Å². The molecular formula is C12H17N3. The average molecular weight is 203 g/mol. The number of benzene rings is 1. The molecule has 0 spiro atoms. The Morgan fingerprint density at radius 1 is 1.40 bits per heavy atom. The topological polar surface area (TPSA) is 29.9 Å². The summed E-state index contributed by atoms with van der Waals surface area (Å²) in [5.74, 6) is 0. The number of aryl methyl sites for hydroxylation is 2. The van der Waals surface area contributed by atoms with Gasteiger partial charge in [-0.25, -0.2) is 0 Å². The van der Waals surface area contributed by atoms with Gasteiger partial charge in [0.25, 0.3) is 0 Å². The van der Waals surface area contributed by atoms with Crippen molar-refractivity contribution in [2.24, 2.45) is 7.05 Å². The van der Waals surface area contributed by atoms with Gasteiger partial charge in [0.1, 0.15) is 0 Å². The van der Waals surface area contributed by atoms with Gasteiger partial charge in [-0.1, -0.05) is 12.1 Å². The molecule has 1 N–H and O–H groups in total.